The van der Waals surface area contributed by atoms with Crippen LogP contribution in [-0.4, -0.2) is 19.1 Å². The van der Waals surface area contributed by atoms with Crippen molar-refractivity contribution in [3.8, 4) is 0 Å². The average molecular weight is 278 g/mol. The van der Waals surface area contributed by atoms with Gasteiger partial charge in [-0.2, -0.15) is 0 Å². The molecular formula is C17H27FN2. The third kappa shape index (κ3) is 3.87. The van der Waals surface area contributed by atoms with Crippen LogP contribution in [0.5, 0.6) is 0 Å². The van der Waals surface area contributed by atoms with E-state index in [0.717, 1.165) is 37.3 Å². The SMILES string of the molecule is CCCCC(CC)Nc1ccc(N2CCCC2)c(F)c1. The van der Waals surface area contributed by atoms with Crippen LogP contribution in [0.15, 0.2) is 18.2 Å². The summed E-state index contributed by atoms with van der Waals surface area (Å²) in [5.41, 5.74) is 1.67. The highest BCUT2D eigenvalue weighted by molar-refractivity contribution is 5.57. The molecule has 2 rings (SSSR count). The summed E-state index contributed by atoms with van der Waals surface area (Å²) in [5, 5.41) is 3.46. The van der Waals surface area contributed by atoms with Crippen molar-refractivity contribution in [3.05, 3.63) is 24.0 Å². The van der Waals surface area contributed by atoms with Gasteiger partial charge < -0.3 is 10.2 Å². The van der Waals surface area contributed by atoms with E-state index in [-0.39, 0.29) is 5.82 Å². The van der Waals surface area contributed by atoms with E-state index in [9.17, 15) is 4.39 Å². The largest absolute Gasteiger partial charge is 0.382 e. The number of unbranched alkanes of at least 4 members (excludes halogenated alkanes) is 1. The monoisotopic (exact) mass is 278 g/mol. The minimum Gasteiger partial charge on any atom is -0.382 e. The summed E-state index contributed by atoms with van der Waals surface area (Å²) in [4.78, 5) is 2.15. The maximum absolute atomic E-state index is 14.2. The Morgan fingerprint density at radius 1 is 1.25 bits per heavy atom. The van der Waals surface area contributed by atoms with Crippen LogP contribution in [-0.2, 0) is 0 Å². The van der Waals surface area contributed by atoms with Crippen LogP contribution in [0.1, 0.15) is 52.4 Å². The summed E-state index contributed by atoms with van der Waals surface area (Å²) >= 11 is 0. The van der Waals surface area contributed by atoms with Gasteiger partial charge in [0.1, 0.15) is 5.82 Å². The highest BCUT2D eigenvalue weighted by Crippen LogP contribution is 2.26. The Morgan fingerprint density at radius 3 is 2.60 bits per heavy atom. The van der Waals surface area contributed by atoms with Gasteiger partial charge in [0.2, 0.25) is 0 Å². The van der Waals surface area contributed by atoms with Crippen molar-refractivity contribution < 1.29 is 4.39 Å². The number of nitrogens with zero attached hydrogens (tertiary/aromatic N) is 1. The second-order valence-electron chi connectivity index (χ2n) is 5.75. The molecule has 0 aliphatic carbocycles. The third-order valence-corrected chi connectivity index (χ3v) is 4.16. The second-order valence-corrected chi connectivity index (χ2v) is 5.75. The molecule has 0 saturated carbocycles. The molecule has 1 aliphatic heterocycles. The fraction of sp³-hybridized carbons (Fsp3) is 0.647. The molecule has 1 fully saturated rings. The first-order valence-electron chi connectivity index (χ1n) is 8.05. The minimum absolute atomic E-state index is 0.0951. The van der Waals surface area contributed by atoms with Crippen molar-refractivity contribution in [3.63, 3.8) is 0 Å². The predicted molar refractivity (Wildman–Crippen MR) is 85.1 cm³/mol. The Morgan fingerprint density at radius 2 is 2.00 bits per heavy atom. The van der Waals surface area contributed by atoms with Gasteiger partial charge in [-0.25, -0.2) is 4.39 Å². The lowest BCUT2D eigenvalue weighted by Crippen LogP contribution is -2.20. The molecule has 1 aromatic carbocycles. The summed E-state index contributed by atoms with van der Waals surface area (Å²) in [6, 6.07) is 6.05. The number of rotatable bonds is 7. The highest BCUT2D eigenvalue weighted by Gasteiger charge is 2.16. The van der Waals surface area contributed by atoms with Gasteiger partial charge >= 0.3 is 0 Å². The van der Waals surface area contributed by atoms with Crippen molar-refractivity contribution in [1.82, 2.24) is 0 Å². The normalized spacial score (nSPS) is 16.4. The molecule has 0 aromatic heterocycles. The molecule has 1 aromatic rings. The van der Waals surface area contributed by atoms with Gasteiger partial charge in [0.25, 0.3) is 0 Å². The third-order valence-electron chi connectivity index (χ3n) is 4.16. The molecule has 1 aliphatic rings. The molecule has 1 atom stereocenters. The number of anilines is 2. The van der Waals surface area contributed by atoms with Crippen LogP contribution in [0, 0.1) is 5.82 Å². The summed E-state index contributed by atoms with van der Waals surface area (Å²) < 4.78 is 14.2. The van der Waals surface area contributed by atoms with Crippen LogP contribution in [0.2, 0.25) is 0 Å². The van der Waals surface area contributed by atoms with Crippen molar-refractivity contribution in [2.45, 2.75) is 58.4 Å². The van der Waals surface area contributed by atoms with Crippen molar-refractivity contribution in [1.29, 1.82) is 0 Å². The Kier molecular flexibility index (Phi) is 5.69. The molecule has 1 heterocycles. The van der Waals surface area contributed by atoms with E-state index in [1.807, 2.05) is 12.1 Å². The van der Waals surface area contributed by atoms with E-state index < -0.39 is 0 Å². The molecule has 3 heteroatoms. The predicted octanol–water partition coefficient (Wildman–Crippen LogP) is 4.81. The molecule has 1 N–H and O–H groups in total. The summed E-state index contributed by atoms with van der Waals surface area (Å²) in [7, 11) is 0. The fourth-order valence-electron chi connectivity index (χ4n) is 2.88. The van der Waals surface area contributed by atoms with Gasteiger partial charge in [-0.15, -0.1) is 0 Å². The van der Waals surface area contributed by atoms with E-state index >= 15 is 0 Å². The quantitative estimate of drug-likeness (QED) is 0.770. The van der Waals surface area contributed by atoms with E-state index in [0.29, 0.717) is 6.04 Å². The Bertz CT molecular complexity index is 413. The van der Waals surface area contributed by atoms with Crippen LogP contribution in [0.25, 0.3) is 0 Å². The lowest BCUT2D eigenvalue weighted by Gasteiger charge is -2.21. The first kappa shape index (κ1) is 15.1. The molecule has 1 saturated heterocycles. The molecule has 0 spiro atoms. The Labute approximate surface area is 122 Å². The molecule has 2 nitrogen and oxygen atoms in total. The van der Waals surface area contributed by atoms with Gasteiger partial charge in [0.05, 0.1) is 5.69 Å². The van der Waals surface area contributed by atoms with Crippen molar-refractivity contribution in [2.75, 3.05) is 23.3 Å². The van der Waals surface area contributed by atoms with Gasteiger partial charge in [-0.1, -0.05) is 26.7 Å². The smallest absolute Gasteiger partial charge is 0.148 e. The Balaban J connectivity index is 2.00. The molecule has 20 heavy (non-hydrogen) atoms. The zero-order valence-corrected chi connectivity index (χ0v) is 12.8. The number of hydrogen-bond acceptors (Lipinski definition) is 2. The molecular weight excluding hydrogens is 251 g/mol. The summed E-state index contributed by atoms with van der Waals surface area (Å²) in [5.74, 6) is -0.0951. The van der Waals surface area contributed by atoms with Crippen LogP contribution >= 0.6 is 0 Å². The first-order valence-corrected chi connectivity index (χ1v) is 8.05. The number of benzene rings is 1. The minimum atomic E-state index is -0.0951. The Hall–Kier alpha value is -1.25. The molecule has 112 valence electrons. The van der Waals surface area contributed by atoms with Crippen LogP contribution in [0.3, 0.4) is 0 Å². The first-order chi connectivity index (χ1) is 9.74. The number of nitrogens with one attached hydrogen (secondary N) is 1. The van der Waals surface area contributed by atoms with E-state index in [1.54, 1.807) is 6.07 Å². The van der Waals surface area contributed by atoms with Crippen molar-refractivity contribution in [2.24, 2.45) is 0 Å². The maximum atomic E-state index is 14.2. The number of halogens is 1. The zero-order chi connectivity index (χ0) is 14.4. The van der Waals surface area contributed by atoms with Gasteiger partial charge in [-0.3, -0.25) is 0 Å². The average Bonchev–Trinajstić information content (AvgIpc) is 2.97. The van der Waals surface area contributed by atoms with Crippen LogP contribution < -0.4 is 10.2 Å². The standard InChI is InChI=1S/C17H27FN2/c1-3-5-8-14(4-2)19-15-9-10-17(16(18)13-15)20-11-6-7-12-20/h9-10,13-14,19H,3-8,11-12H2,1-2H3. The molecule has 0 bridgehead atoms. The molecule has 0 amide bonds. The van der Waals surface area contributed by atoms with Gasteiger partial charge in [0.15, 0.2) is 0 Å². The summed E-state index contributed by atoms with van der Waals surface area (Å²) in [6.07, 6.45) is 7.01. The van der Waals surface area contributed by atoms with Crippen molar-refractivity contribution >= 4 is 11.4 Å². The zero-order valence-electron chi connectivity index (χ0n) is 12.8. The van der Waals surface area contributed by atoms with E-state index in [4.69, 9.17) is 0 Å². The van der Waals surface area contributed by atoms with E-state index in [1.165, 1.54) is 25.7 Å². The number of hydrogen-bond donors (Lipinski definition) is 1. The van der Waals surface area contributed by atoms with Gasteiger partial charge in [0, 0.05) is 24.8 Å². The van der Waals surface area contributed by atoms with E-state index in [2.05, 4.69) is 24.1 Å². The molecule has 1 unspecified atom stereocenters. The van der Waals surface area contributed by atoms with Crippen LogP contribution in [0.4, 0.5) is 15.8 Å². The topological polar surface area (TPSA) is 15.3 Å². The fourth-order valence-corrected chi connectivity index (χ4v) is 2.88. The van der Waals surface area contributed by atoms with Gasteiger partial charge in [-0.05, 0) is 43.9 Å². The maximum Gasteiger partial charge on any atom is 0.148 e. The lowest BCUT2D eigenvalue weighted by atomic mass is 10.1. The highest BCUT2D eigenvalue weighted by atomic mass is 19.1. The second kappa shape index (κ2) is 7.51. The molecule has 0 radical (unpaired) electrons. The summed E-state index contributed by atoms with van der Waals surface area (Å²) in [6.45, 7) is 6.36. The lowest BCUT2D eigenvalue weighted by molar-refractivity contribution is 0.591.